The fraction of sp³-hybridized carbons (Fsp3) is 0.0526. The normalized spacial score (nSPS) is 18.5. The van der Waals surface area contributed by atoms with Gasteiger partial charge in [-0.05, 0) is 36.4 Å². The van der Waals surface area contributed by atoms with Crippen LogP contribution in [-0.2, 0) is 4.79 Å². The van der Waals surface area contributed by atoms with Crippen molar-refractivity contribution in [3.05, 3.63) is 77.0 Å². The molecule has 0 bridgehead atoms. The van der Waals surface area contributed by atoms with Crippen LogP contribution in [0.3, 0.4) is 0 Å². The van der Waals surface area contributed by atoms with Gasteiger partial charge in [0.15, 0.2) is 5.17 Å². The number of amides is 1. The van der Waals surface area contributed by atoms with Crippen LogP contribution in [-0.4, -0.2) is 11.1 Å². The van der Waals surface area contributed by atoms with Gasteiger partial charge >= 0.3 is 0 Å². The van der Waals surface area contributed by atoms with E-state index in [1.165, 1.54) is 11.8 Å². The molecule has 1 fully saturated rings. The van der Waals surface area contributed by atoms with E-state index in [1.807, 2.05) is 66.7 Å². The molecule has 0 saturated carbocycles. The molecule has 0 radical (unpaired) electrons. The fourth-order valence-electron chi connectivity index (χ4n) is 2.49. The van der Waals surface area contributed by atoms with E-state index < -0.39 is 5.25 Å². The first-order chi connectivity index (χ1) is 12.2. The molecular weight excluding hydrogens is 400 g/mol. The van der Waals surface area contributed by atoms with Crippen LogP contribution in [0.4, 0.5) is 5.69 Å². The third kappa shape index (κ3) is 3.55. The van der Waals surface area contributed by atoms with Crippen molar-refractivity contribution in [2.45, 2.75) is 5.25 Å². The highest BCUT2D eigenvalue weighted by Gasteiger charge is 2.34. The number of aliphatic imine (C=N–C) groups is 1. The molecule has 1 saturated heterocycles. The Bertz CT molecular complexity index is 936. The lowest BCUT2D eigenvalue weighted by atomic mass is 10.2. The maximum Gasteiger partial charge on any atom is 0.247 e. The summed E-state index contributed by atoms with van der Waals surface area (Å²) in [6.45, 7) is 0. The average molecular weight is 413 g/mol. The van der Waals surface area contributed by atoms with Crippen LogP contribution < -0.4 is 5.32 Å². The standard InChI is InChI=1S/C19H13BrN2O2S/c20-13-8-6-12(7-9-13)15-10-11-16(24-15)17-18(23)22-19(25-17)21-14-4-2-1-3-5-14/h1-11,17H,(H,21,22,23)/t17-/m1/s1. The molecule has 1 aliphatic heterocycles. The number of halogens is 1. The molecule has 25 heavy (non-hydrogen) atoms. The first kappa shape index (κ1) is 16.2. The fourth-order valence-corrected chi connectivity index (χ4v) is 3.70. The minimum Gasteiger partial charge on any atom is -0.459 e. The second-order valence-electron chi connectivity index (χ2n) is 5.45. The zero-order chi connectivity index (χ0) is 17.2. The van der Waals surface area contributed by atoms with Gasteiger partial charge in [0.25, 0.3) is 0 Å². The zero-order valence-corrected chi connectivity index (χ0v) is 15.4. The molecule has 4 nitrogen and oxygen atoms in total. The summed E-state index contributed by atoms with van der Waals surface area (Å²) in [6, 6.07) is 21.1. The van der Waals surface area contributed by atoms with Gasteiger partial charge in [-0.2, -0.15) is 0 Å². The number of benzene rings is 2. The first-order valence-corrected chi connectivity index (χ1v) is 9.33. The predicted molar refractivity (Wildman–Crippen MR) is 104 cm³/mol. The van der Waals surface area contributed by atoms with Crippen molar-refractivity contribution in [3.63, 3.8) is 0 Å². The second kappa shape index (κ2) is 6.90. The molecule has 1 aromatic heterocycles. The van der Waals surface area contributed by atoms with E-state index in [4.69, 9.17) is 4.42 Å². The molecule has 0 aliphatic carbocycles. The van der Waals surface area contributed by atoms with Gasteiger partial charge in [-0.1, -0.05) is 58.0 Å². The third-order valence-electron chi connectivity index (χ3n) is 3.70. The highest BCUT2D eigenvalue weighted by Crippen LogP contribution is 2.37. The molecule has 6 heteroatoms. The largest absolute Gasteiger partial charge is 0.459 e. The Morgan fingerprint density at radius 2 is 1.76 bits per heavy atom. The summed E-state index contributed by atoms with van der Waals surface area (Å²) in [5, 5.41) is 2.98. The maximum absolute atomic E-state index is 12.3. The molecule has 2 heterocycles. The lowest BCUT2D eigenvalue weighted by Gasteiger charge is -2.01. The highest BCUT2D eigenvalue weighted by atomic mass is 79.9. The minimum absolute atomic E-state index is 0.114. The molecule has 2 aromatic carbocycles. The number of carbonyl (C=O) groups excluding carboxylic acids is 1. The van der Waals surface area contributed by atoms with Crippen LogP contribution in [0.25, 0.3) is 11.3 Å². The number of nitrogens with zero attached hydrogens (tertiary/aromatic N) is 1. The molecule has 0 unspecified atom stereocenters. The summed E-state index contributed by atoms with van der Waals surface area (Å²) in [5.41, 5.74) is 1.77. The van der Waals surface area contributed by atoms with Gasteiger partial charge in [-0.25, -0.2) is 4.99 Å². The molecule has 1 N–H and O–H groups in total. The Hall–Kier alpha value is -2.31. The van der Waals surface area contributed by atoms with Crippen LogP contribution >= 0.6 is 27.7 Å². The van der Waals surface area contributed by atoms with E-state index in [0.717, 1.165) is 21.5 Å². The number of nitrogens with one attached hydrogen (secondary N) is 1. The molecule has 0 spiro atoms. The Labute approximate surface area is 157 Å². The van der Waals surface area contributed by atoms with Crippen LogP contribution in [0.2, 0.25) is 0 Å². The average Bonchev–Trinajstić information content (AvgIpc) is 3.23. The van der Waals surface area contributed by atoms with E-state index >= 15 is 0 Å². The number of hydrogen-bond acceptors (Lipinski definition) is 4. The summed E-state index contributed by atoms with van der Waals surface area (Å²) in [6.07, 6.45) is 0. The van der Waals surface area contributed by atoms with E-state index in [-0.39, 0.29) is 5.91 Å². The molecular formula is C19H13BrN2O2S. The quantitative estimate of drug-likeness (QED) is 0.634. The van der Waals surface area contributed by atoms with E-state index in [0.29, 0.717) is 10.9 Å². The van der Waals surface area contributed by atoms with Crippen molar-refractivity contribution in [2.24, 2.45) is 4.99 Å². The van der Waals surface area contributed by atoms with Crippen molar-refractivity contribution in [1.29, 1.82) is 0 Å². The number of rotatable bonds is 3. The number of amidine groups is 1. The van der Waals surface area contributed by atoms with Crippen molar-refractivity contribution in [2.75, 3.05) is 0 Å². The Kier molecular flexibility index (Phi) is 4.46. The summed E-state index contributed by atoms with van der Waals surface area (Å²) in [5.74, 6) is 1.25. The lowest BCUT2D eigenvalue weighted by Crippen LogP contribution is -2.21. The Balaban J connectivity index is 1.55. The summed E-state index contributed by atoms with van der Waals surface area (Å²) < 4.78 is 6.92. The summed E-state index contributed by atoms with van der Waals surface area (Å²) in [7, 11) is 0. The van der Waals surface area contributed by atoms with Crippen molar-refractivity contribution >= 4 is 44.5 Å². The maximum atomic E-state index is 12.3. The van der Waals surface area contributed by atoms with Gasteiger partial charge in [0.1, 0.15) is 16.8 Å². The predicted octanol–water partition coefficient (Wildman–Crippen LogP) is 5.30. The van der Waals surface area contributed by atoms with E-state index in [9.17, 15) is 4.79 Å². The monoisotopic (exact) mass is 412 g/mol. The highest BCUT2D eigenvalue weighted by molar-refractivity contribution is 9.10. The van der Waals surface area contributed by atoms with Crippen molar-refractivity contribution in [1.82, 2.24) is 5.32 Å². The number of para-hydroxylation sites is 1. The number of carbonyl (C=O) groups is 1. The van der Waals surface area contributed by atoms with Gasteiger partial charge in [-0.15, -0.1) is 0 Å². The number of thioether (sulfide) groups is 1. The Morgan fingerprint density at radius 3 is 2.52 bits per heavy atom. The number of furan rings is 1. The zero-order valence-electron chi connectivity index (χ0n) is 13.0. The summed E-state index contributed by atoms with van der Waals surface area (Å²) >= 11 is 4.78. The minimum atomic E-state index is -0.424. The van der Waals surface area contributed by atoms with Crippen molar-refractivity contribution < 1.29 is 9.21 Å². The lowest BCUT2D eigenvalue weighted by molar-refractivity contribution is -0.119. The van der Waals surface area contributed by atoms with Gasteiger partial charge in [0, 0.05) is 10.0 Å². The van der Waals surface area contributed by atoms with Gasteiger partial charge in [0.05, 0.1) is 5.69 Å². The summed E-state index contributed by atoms with van der Waals surface area (Å²) in [4.78, 5) is 16.7. The van der Waals surface area contributed by atoms with E-state index in [2.05, 4.69) is 26.2 Å². The Morgan fingerprint density at radius 1 is 1.00 bits per heavy atom. The van der Waals surface area contributed by atoms with Gasteiger partial charge in [-0.3, -0.25) is 4.79 Å². The second-order valence-corrected chi connectivity index (χ2v) is 7.46. The molecule has 124 valence electrons. The van der Waals surface area contributed by atoms with Crippen LogP contribution in [0.1, 0.15) is 11.0 Å². The SMILES string of the molecule is O=C1NC(=Nc2ccccc2)S[C@@H]1c1ccc(-c2ccc(Br)cc2)o1. The van der Waals surface area contributed by atoms with Crippen molar-refractivity contribution in [3.8, 4) is 11.3 Å². The number of hydrogen-bond donors (Lipinski definition) is 1. The van der Waals surface area contributed by atoms with Crippen LogP contribution in [0.5, 0.6) is 0 Å². The molecule has 1 aliphatic rings. The van der Waals surface area contributed by atoms with Gasteiger partial charge in [0.2, 0.25) is 5.91 Å². The smallest absolute Gasteiger partial charge is 0.247 e. The van der Waals surface area contributed by atoms with Crippen LogP contribution in [0, 0.1) is 0 Å². The molecule has 1 amide bonds. The third-order valence-corrected chi connectivity index (χ3v) is 5.33. The molecule has 1 atom stereocenters. The first-order valence-electron chi connectivity index (χ1n) is 7.66. The topological polar surface area (TPSA) is 54.6 Å². The van der Waals surface area contributed by atoms with Crippen LogP contribution in [0.15, 0.2) is 80.6 Å². The molecule has 4 rings (SSSR count). The molecule has 3 aromatic rings. The van der Waals surface area contributed by atoms with E-state index in [1.54, 1.807) is 0 Å². The van der Waals surface area contributed by atoms with Gasteiger partial charge < -0.3 is 9.73 Å².